The monoisotopic (exact) mass is 415 g/mol. The number of ether oxygens (including phenoxy) is 1. The summed E-state index contributed by atoms with van der Waals surface area (Å²) < 4.78 is 5.49. The molecule has 2 rings (SSSR count). The lowest BCUT2D eigenvalue weighted by molar-refractivity contribution is -0.157. The van der Waals surface area contributed by atoms with Gasteiger partial charge >= 0.3 is 5.97 Å². The number of nitrogens with zero attached hydrogens (tertiary/aromatic N) is 1. The molecule has 0 radical (unpaired) electrons. The lowest BCUT2D eigenvalue weighted by Crippen LogP contribution is -2.48. The largest absolute Gasteiger partial charge is 0.504 e. The highest BCUT2D eigenvalue weighted by atomic mass is 16.6. The molecular weight excluding hydrogens is 390 g/mol. The van der Waals surface area contributed by atoms with Gasteiger partial charge in [-0.1, -0.05) is 12.6 Å². The molecule has 0 aliphatic rings. The van der Waals surface area contributed by atoms with Crippen LogP contribution in [0.4, 0.5) is 5.69 Å². The maximum absolute atomic E-state index is 13.0. The minimum Gasteiger partial charge on any atom is -0.504 e. The van der Waals surface area contributed by atoms with E-state index < -0.39 is 29.3 Å². The van der Waals surface area contributed by atoms with Gasteiger partial charge in [-0.3, -0.25) is 9.69 Å². The van der Waals surface area contributed by atoms with Gasteiger partial charge in [0.1, 0.15) is 11.6 Å². The van der Waals surface area contributed by atoms with Gasteiger partial charge in [0.25, 0.3) is 5.91 Å². The molecule has 0 spiro atoms. The number of anilines is 1. The fourth-order valence-electron chi connectivity index (χ4n) is 2.79. The molecule has 8 nitrogen and oxygen atoms in total. The highest BCUT2D eigenvalue weighted by Crippen LogP contribution is 2.32. The summed E-state index contributed by atoms with van der Waals surface area (Å²) in [6.45, 7) is 8.51. The molecule has 2 aromatic rings. The number of carbonyl (C=O) groups is 2. The van der Waals surface area contributed by atoms with E-state index in [0.717, 1.165) is 17.0 Å². The Morgan fingerprint density at radius 3 is 2.07 bits per heavy atom. The van der Waals surface area contributed by atoms with Crippen LogP contribution >= 0.6 is 0 Å². The standard InChI is InChI=1S/C22H25NO7/c1-5-20(28)23(14-7-9-17(25)19(27)12-14)15(21(29)30-22(2,3)4)10-13-6-8-16(24)18(26)11-13/h5-9,11-12,15,24-27H,1,10H2,2-4H3/t15-/m1/s1. The van der Waals surface area contributed by atoms with E-state index in [9.17, 15) is 30.0 Å². The number of esters is 1. The maximum Gasteiger partial charge on any atom is 0.330 e. The molecule has 8 heteroatoms. The van der Waals surface area contributed by atoms with Crippen LogP contribution in [-0.2, 0) is 20.7 Å². The third-order valence-electron chi connectivity index (χ3n) is 4.11. The van der Waals surface area contributed by atoms with E-state index in [1.54, 1.807) is 20.8 Å². The summed E-state index contributed by atoms with van der Waals surface area (Å²) in [4.78, 5) is 26.8. The second kappa shape index (κ2) is 8.77. The van der Waals surface area contributed by atoms with E-state index in [-0.39, 0.29) is 29.4 Å². The highest BCUT2D eigenvalue weighted by Gasteiger charge is 2.34. The van der Waals surface area contributed by atoms with Crippen LogP contribution in [0.5, 0.6) is 23.0 Å². The fraction of sp³-hybridized carbons (Fsp3) is 0.273. The van der Waals surface area contributed by atoms with Crippen molar-refractivity contribution in [1.29, 1.82) is 0 Å². The van der Waals surface area contributed by atoms with Crippen LogP contribution in [0.3, 0.4) is 0 Å². The predicted molar refractivity (Wildman–Crippen MR) is 111 cm³/mol. The molecule has 0 aliphatic carbocycles. The Morgan fingerprint density at radius 1 is 1.00 bits per heavy atom. The lowest BCUT2D eigenvalue weighted by Gasteiger charge is -2.32. The number of aromatic hydroxyl groups is 4. The van der Waals surface area contributed by atoms with Crippen LogP contribution in [0.2, 0.25) is 0 Å². The third-order valence-corrected chi connectivity index (χ3v) is 4.11. The molecule has 0 aliphatic heterocycles. The van der Waals surface area contributed by atoms with Gasteiger partial charge in [0.05, 0.1) is 0 Å². The topological polar surface area (TPSA) is 128 Å². The van der Waals surface area contributed by atoms with Gasteiger partial charge in [-0.15, -0.1) is 0 Å². The molecule has 1 amide bonds. The zero-order valence-electron chi connectivity index (χ0n) is 17.0. The zero-order valence-corrected chi connectivity index (χ0v) is 17.0. The van der Waals surface area contributed by atoms with Crippen molar-refractivity contribution in [2.24, 2.45) is 0 Å². The van der Waals surface area contributed by atoms with E-state index in [4.69, 9.17) is 4.74 Å². The minimum atomic E-state index is -1.19. The molecule has 0 aromatic heterocycles. The molecule has 0 saturated heterocycles. The van der Waals surface area contributed by atoms with Crippen LogP contribution in [0.25, 0.3) is 0 Å². The Morgan fingerprint density at radius 2 is 1.57 bits per heavy atom. The predicted octanol–water partition coefficient (Wildman–Crippen LogP) is 2.98. The number of phenols is 4. The summed E-state index contributed by atoms with van der Waals surface area (Å²) in [6, 6.07) is 6.54. The average molecular weight is 415 g/mol. The maximum atomic E-state index is 13.0. The number of hydrogen-bond donors (Lipinski definition) is 4. The molecule has 2 aromatic carbocycles. The van der Waals surface area contributed by atoms with Crippen molar-refractivity contribution in [3.8, 4) is 23.0 Å². The van der Waals surface area contributed by atoms with Crippen LogP contribution in [0.1, 0.15) is 26.3 Å². The smallest absolute Gasteiger partial charge is 0.330 e. The molecule has 0 bridgehead atoms. The minimum absolute atomic E-state index is 0.0655. The first-order valence-corrected chi connectivity index (χ1v) is 9.14. The van der Waals surface area contributed by atoms with Crippen molar-refractivity contribution < 1.29 is 34.8 Å². The van der Waals surface area contributed by atoms with E-state index in [1.165, 1.54) is 30.3 Å². The van der Waals surface area contributed by atoms with Crippen molar-refractivity contribution >= 4 is 17.6 Å². The van der Waals surface area contributed by atoms with Crippen molar-refractivity contribution in [3.63, 3.8) is 0 Å². The average Bonchev–Trinajstić information content (AvgIpc) is 2.65. The molecule has 0 heterocycles. The van der Waals surface area contributed by atoms with Gasteiger partial charge in [0.15, 0.2) is 23.0 Å². The number of hydrogen-bond acceptors (Lipinski definition) is 7. The molecule has 160 valence electrons. The van der Waals surface area contributed by atoms with Crippen LogP contribution in [-0.4, -0.2) is 43.9 Å². The van der Waals surface area contributed by atoms with Crippen molar-refractivity contribution in [1.82, 2.24) is 0 Å². The Bertz CT molecular complexity index is 962. The Balaban J connectivity index is 2.57. The van der Waals surface area contributed by atoms with Crippen LogP contribution < -0.4 is 4.90 Å². The molecule has 0 saturated carbocycles. The fourth-order valence-corrected chi connectivity index (χ4v) is 2.79. The van der Waals surface area contributed by atoms with E-state index in [2.05, 4.69) is 6.58 Å². The number of carbonyl (C=O) groups excluding carboxylic acids is 2. The molecule has 30 heavy (non-hydrogen) atoms. The van der Waals surface area contributed by atoms with Crippen LogP contribution in [0.15, 0.2) is 49.1 Å². The first-order chi connectivity index (χ1) is 13.9. The first-order valence-electron chi connectivity index (χ1n) is 9.14. The summed E-state index contributed by atoms with van der Waals surface area (Å²) in [7, 11) is 0. The molecular formula is C22H25NO7. The molecule has 0 fully saturated rings. The first kappa shape index (κ1) is 22.6. The van der Waals surface area contributed by atoms with Gasteiger partial charge in [0, 0.05) is 18.2 Å². The Labute approximate surface area is 174 Å². The Kier molecular flexibility index (Phi) is 6.61. The van der Waals surface area contributed by atoms with Crippen molar-refractivity contribution in [2.45, 2.75) is 38.8 Å². The Hall–Kier alpha value is -3.68. The van der Waals surface area contributed by atoms with Crippen molar-refractivity contribution in [2.75, 3.05) is 4.90 Å². The summed E-state index contributed by atoms with van der Waals surface area (Å²) in [5.74, 6) is -2.92. The van der Waals surface area contributed by atoms with Gasteiger partial charge < -0.3 is 25.2 Å². The number of rotatable bonds is 6. The highest BCUT2D eigenvalue weighted by molar-refractivity contribution is 6.05. The van der Waals surface area contributed by atoms with Gasteiger partial charge in [0.2, 0.25) is 0 Å². The SMILES string of the molecule is C=CC(=O)N(c1ccc(O)c(O)c1)[C@H](Cc1ccc(O)c(O)c1)C(=O)OC(C)(C)C. The van der Waals surface area contributed by atoms with Gasteiger partial charge in [-0.05, 0) is 56.7 Å². The number of phenolic OH excluding ortho intramolecular Hbond substituents is 4. The van der Waals surface area contributed by atoms with E-state index in [0.29, 0.717) is 5.56 Å². The molecule has 1 atom stereocenters. The quantitative estimate of drug-likeness (QED) is 0.324. The second-order valence-electron chi connectivity index (χ2n) is 7.66. The second-order valence-corrected chi connectivity index (χ2v) is 7.66. The zero-order chi connectivity index (χ0) is 22.6. The van der Waals surface area contributed by atoms with Crippen LogP contribution in [0, 0.1) is 0 Å². The summed E-state index contributed by atoms with van der Waals surface area (Å²) in [5.41, 5.74) is -0.257. The van der Waals surface area contributed by atoms with E-state index >= 15 is 0 Å². The normalized spacial score (nSPS) is 12.1. The third kappa shape index (κ3) is 5.44. The van der Waals surface area contributed by atoms with Crippen molar-refractivity contribution in [3.05, 3.63) is 54.6 Å². The summed E-state index contributed by atoms with van der Waals surface area (Å²) >= 11 is 0. The number of amides is 1. The van der Waals surface area contributed by atoms with Gasteiger partial charge in [-0.25, -0.2) is 4.79 Å². The molecule has 4 N–H and O–H groups in total. The summed E-state index contributed by atoms with van der Waals surface area (Å²) in [5, 5.41) is 38.8. The lowest BCUT2D eigenvalue weighted by atomic mass is 10.0. The summed E-state index contributed by atoms with van der Waals surface area (Å²) in [6.07, 6.45) is 0.944. The van der Waals surface area contributed by atoms with E-state index in [1.807, 2.05) is 0 Å². The molecule has 0 unspecified atom stereocenters. The number of benzene rings is 2. The van der Waals surface area contributed by atoms with Gasteiger partial charge in [-0.2, -0.15) is 0 Å².